The second-order valence-electron chi connectivity index (χ2n) is 5.60. The van der Waals surface area contributed by atoms with Gasteiger partial charge in [0.15, 0.2) is 0 Å². The van der Waals surface area contributed by atoms with Gasteiger partial charge in [0, 0.05) is 18.5 Å². The second-order valence-corrected chi connectivity index (χ2v) is 5.87. The van der Waals surface area contributed by atoms with E-state index in [0.717, 1.165) is 23.8 Å². The maximum atomic E-state index is 6.10. The first-order valence-electron chi connectivity index (χ1n) is 7.35. The molecule has 1 unspecified atom stereocenters. The minimum absolute atomic E-state index is 0.347. The zero-order valence-electron chi connectivity index (χ0n) is 12.2. The first-order valence-corrected chi connectivity index (χ1v) is 7.89. The summed E-state index contributed by atoms with van der Waals surface area (Å²) in [6, 6.07) is 0.615. The summed E-state index contributed by atoms with van der Waals surface area (Å²) in [7, 11) is 0. The maximum absolute atomic E-state index is 6.10. The molecule has 0 N–H and O–H groups in total. The van der Waals surface area contributed by atoms with E-state index in [4.69, 9.17) is 11.6 Å². The van der Waals surface area contributed by atoms with Crippen LogP contribution in [-0.2, 0) is 5.88 Å². The van der Waals surface area contributed by atoms with Gasteiger partial charge in [0.05, 0.1) is 23.5 Å². The van der Waals surface area contributed by atoms with E-state index in [0.29, 0.717) is 17.8 Å². The van der Waals surface area contributed by atoms with Crippen molar-refractivity contribution >= 4 is 17.3 Å². The first kappa shape index (κ1) is 14.6. The molecule has 0 bridgehead atoms. The Balaban J connectivity index is 2.32. The zero-order valence-corrected chi connectivity index (χ0v) is 13.0. The quantitative estimate of drug-likeness (QED) is 0.778. The molecule has 1 aromatic heterocycles. The Labute approximate surface area is 121 Å². The van der Waals surface area contributed by atoms with Crippen LogP contribution in [0.25, 0.3) is 0 Å². The molecule has 0 spiro atoms. The number of hydrogen-bond acceptors (Lipinski definition) is 3. The Hall–Kier alpha value is -0.830. The van der Waals surface area contributed by atoms with Crippen molar-refractivity contribution < 1.29 is 0 Å². The fourth-order valence-electron chi connectivity index (χ4n) is 2.78. The van der Waals surface area contributed by atoms with E-state index in [1.165, 1.54) is 25.7 Å². The Morgan fingerprint density at radius 1 is 1.42 bits per heavy atom. The van der Waals surface area contributed by atoms with Crippen LogP contribution in [0.2, 0.25) is 0 Å². The molecule has 19 heavy (non-hydrogen) atoms. The number of halogens is 1. The van der Waals surface area contributed by atoms with Crippen molar-refractivity contribution in [2.45, 2.75) is 64.3 Å². The Kier molecular flexibility index (Phi) is 5.03. The van der Waals surface area contributed by atoms with E-state index >= 15 is 0 Å². The SMILES string of the molecule is CCC1CCCCN1c1cnc(C(C)C)nc1CCl. The third kappa shape index (κ3) is 3.19. The fraction of sp³-hybridized carbons (Fsp3) is 0.733. The molecule has 106 valence electrons. The van der Waals surface area contributed by atoms with Crippen LogP contribution in [0.3, 0.4) is 0 Å². The Morgan fingerprint density at radius 2 is 2.21 bits per heavy atom. The summed E-state index contributed by atoms with van der Waals surface area (Å²) in [6.45, 7) is 7.59. The van der Waals surface area contributed by atoms with Crippen LogP contribution in [-0.4, -0.2) is 22.6 Å². The van der Waals surface area contributed by atoms with Crippen molar-refractivity contribution in [3.63, 3.8) is 0 Å². The average Bonchev–Trinajstić information content (AvgIpc) is 2.46. The number of anilines is 1. The van der Waals surface area contributed by atoms with E-state index in [2.05, 4.69) is 35.6 Å². The molecule has 1 aliphatic rings. The molecule has 2 rings (SSSR count). The molecule has 1 aromatic rings. The summed E-state index contributed by atoms with van der Waals surface area (Å²) in [5.41, 5.74) is 2.13. The Bertz CT molecular complexity index is 420. The lowest BCUT2D eigenvalue weighted by atomic mass is 9.99. The van der Waals surface area contributed by atoms with Gasteiger partial charge in [-0.3, -0.25) is 0 Å². The van der Waals surface area contributed by atoms with E-state index in [-0.39, 0.29) is 0 Å². The largest absolute Gasteiger partial charge is 0.366 e. The molecule has 0 radical (unpaired) electrons. The summed E-state index contributed by atoms with van der Waals surface area (Å²) in [6.07, 6.45) is 7.01. The molecule has 1 saturated heterocycles. The van der Waals surface area contributed by atoms with Gasteiger partial charge < -0.3 is 4.90 Å². The molecule has 0 saturated carbocycles. The molecular weight excluding hydrogens is 258 g/mol. The summed E-state index contributed by atoms with van der Waals surface area (Å²) in [5, 5.41) is 0. The summed E-state index contributed by atoms with van der Waals surface area (Å²) < 4.78 is 0. The van der Waals surface area contributed by atoms with E-state index in [9.17, 15) is 0 Å². The van der Waals surface area contributed by atoms with Gasteiger partial charge in [0.25, 0.3) is 0 Å². The first-order chi connectivity index (χ1) is 9.17. The lowest BCUT2D eigenvalue weighted by Crippen LogP contribution is -2.40. The molecule has 4 heteroatoms. The van der Waals surface area contributed by atoms with E-state index in [1.54, 1.807) is 0 Å². The molecule has 0 amide bonds. The van der Waals surface area contributed by atoms with Crippen LogP contribution in [0.5, 0.6) is 0 Å². The van der Waals surface area contributed by atoms with Crippen molar-refractivity contribution in [1.82, 2.24) is 9.97 Å². The van der Waals surface area contributed by atoms with Crippen LogP contribution >= 0.6 is 11.6 Å². The maximum Gasteiger partial charge on any atom is 0.131 e. The van der Waals surface area contributed by atoms with E-state index < -0.39 is 0 Å². The predicted molar refractivity (Wildman–Crippen MR) is 81.0 cm³/mol. The highest BCUT2D eigenvalue weighted by Crippen LogP contribution is 2.29. The highest BCUT2D eigenvalue weighted by molar-refractivity contribution is 6.17. The van der Waals surface area contributed by atoms with Crippen molar-refractivity contribution in [2.24, 2.45) is 0 Å². The van der Waals surface area contributed by atoms with Gasteiger partial charge in [-0.25, -0.2) is 9.97 Å². The number of rotatable bonds is 4. The minimum atomic E-state index is 0.347. The van der Waals surface area contributed by atoms with Crippen LogP contribution in [0.4, 0.5) is 5.69 Å². The van der Waals surface area contributed by atoms with Gasteiger partial charge in [0.1, 0.15) is 5.82 Å². The van der Waals surface area contributed by atoms with Crippen LogP contribution < -0.4 is 4.90 Å². The highest BCUT2D eigenvalue weighted by atomic mass is 35.5. The van der Waals surface area contributed by atoms with Crippen molar-refractivity contribution in [1.29, 1.82) is 0 Å². The van der Waals surface area contributed by atoms with Crippen molar-refractivity contribution in [3.8, 4) is 0 Å². The topological polar surface area (TPSA) is 29.0 Å². The zero-order chi connectivity index (χ0) is 13.8. The molecule has 0 aliphatic carbocycles. The van der Waals surface area contributed by atoms with Gasteiger partial charge in [-0.2, -0.15) is 0 Å². The summed E-state index contributed by atoms with van der Waals surface area (Å²) in [5.74, 6) is 1.70. The number of hydrogen-bond donors (Lipinski definition) is 0. The standard InChI is InChI=1S/C15H24ClN3/c1-4-12-7-5-6-8-19(12)14-10-17-15(11(2)3)18-13(14)9-16/h10-12H,4-9H2,1-3H3. The van der Waals surface area contributed by atoms with Gasteiger partial charge in [-0.15, -0.1) is 11.6 Å². The molecule has 0 aromatic carbocycles. The van der Waals surface area contributed by atoms with Gasteiger partial charge in [-0.1, -0.05) is 20.8 Å². The van der Waals surface area contributed by atoms with Gasteiger partial charge >= 0.3 is 0 Å². The third-order valence-electron chi connectivity index (χ3n) is 3.92. The lowest BCUT2D eigenvalue weighted by Gasteiger charge is -2.37. The van der Waals surface area contributed by atoms with Gasteiger partial charge in [0.2, 0.25) is 0 Å². The third-order valence-corrected chi connectivity index (χ3v) is 4.17. The predicted octanol–water partition coefficient (Wildman–Crippen LogP) is 4.11. The minimum Gasteiger partial charge on any atom is -0.366 e. The smallest absolute Gasteiger partial charge is 0.131 e. The molecule has 1 fully saturated rings. The summed E-state index contributed by atoms with van der Waals surface area (Å²) in [4.78, 5) is 11.6. The normalized spacial score (nSPS) is 20.1. The van der Waals surface area contributed by atoms with Gasteiger partial charge in [-0.05, 0) is 25.7 Å². The highest BCUT2D eigenvalue weighted by Gasteiger charge is 2.24. The number of nitrogens with zero attached hydrogens (tertiary/aromatic N) is 3. The molecule has 2 heterocycles. The molecule has 1 aliphatic heterocycles. The van der Waals surface area contributed by atoms with Crippen molar-refractivity contribution in [2.75, 3.05) is 11.4 Å². The number of aromatic nitrogens is 2. The second kappa shape index (κ2) is 6.56. The van der Waals surface area contributed by atoms with Crippen LogP contribution in [0.1, 0.15) is 63.9 Å². The van der Waals surface area contributed by atoms with E-state index in [1.807, 2.05) is 6.20 Å². The Morgan fingerprint density at radius 3 is 2.84 bits per heavy atom. The molecular formula is C15H24ClN3. The fourth-order valence-corrected chi connectivity index (χ4v) is 2.98. The molecule has 1 atom stereocenters. The van der Waals surface area contributed by atoms with Crippen molar-refractivity contribution in [3.05, 3.63) is 17.7 Å². The van der Waals surface area contributed by atoms with Crippen LogP contribution in [0, 0.1) is 0 Å². The number of piperidine rings is 1. The van der Waals surface area contributed by atoms with Crippen LogP contribution in [0.15, 0.2) is 6.20 Å². The molecule has 3 nitrogen and oxygen atoms in total. The lowest BCUT2D eigenvalue weighted by molar-refractivity contribution is 0.448. The monoisotopic (exact) mass is 281 g/mol. The number of alkyl halides is 1. The average molecular weight is 282 g/mol. The summed E-state index contributed by atoms with van der Waals surface area (Å²) >= 11 is 6.10.